The van der Waals surface area contributed by atoms with Gasteiger partial charge in [0.2, 0.25) is 5.91 Å². The van der Waals surface area contributed by atoms with Gasteiger partial charge >= 0.3 is 0 Å². The zero-order chi connectivity index (χ0) is 19.6. The zero-order valence-corrected chi connectivity index (χ0v) is 17.8. The molecule has 27 heavy (non-hydrogen) atoms. The molecule has 0 radical (unpaired) electrons. The molecular formula is C18H23BrN4O3S. The minimum absolute atomic E-state index is 0.0361. The summed E-state index contributed by atoms with van der Waals surface area (Å²) in [6, 6.07) is 5.59. The Balaban J connectivity index is 1.71. The van der Waals surface area contributed by atoms with Crippen LogP contribution in [0.15, 0.2) is 40.2 Å². The van der Waals surface area contributed by atoms with Crippen molar-refractivity contribution >= 4 is 37.5 Å². The normalized spacial score (nSPS) is 18.4. The maximum absolute atomic E-state index is 12.8. The SMILES string of the molecule is CCn1cnc(S(=O)(=O)N2CCCC(C(=O)Nc3ccc(Br)c(C)c3)C2)c1. The van der Waals surface area contributed by atoms with Gasteiger partial charge in [-0.25, -0.2) is 13.4 Å². The van der Waals surface area contributed by atoms with E-state index >= 15 is 0 Å². The van der Waals surface area contributed by atoms with E-state index in [0.29, 0.717) is 31.6 Å². The van der Waals surface area contributed by atoms with E-state index in [2.05, 4.69) is 26.2 Å². The number of carbonyl (C=O) groups is 1. The van der Waals surface area contributed by atoms with Crippen molar-refractivity contribution in [2.24, 2.45) is 5.92 Å². The number of aryl methyl sites for hydroxylation is 2. The Kier molecular flexibility index (Phi) is 6.02. The highest BCUT2D eigenvalue weighted by atomic mass is 79.9. The van der Waals surface area contributed by atoms with Gasteiger partial charge in [0.25, 0.3) is 10.0 Å². The zero-order valence-electron chi connectivity index (χ0n) is 15.4. The van der Waals surface area contributed by atoms with Crippen molar-refractivity contribution in [1.29, 1.82) is 0 Å². The molecule has 0 bridgehead atoms. The van der Waals surface area contributed by atoms with Gasteiger partial charge in [-0.1, -0.05) is 15.9 Å². The first-order valence-corrected chi connectivity index (χ1v) is 11.1. The summed E-state index contributed by atoms with van der Waals surface area (Å²) < 4.78 is 29.7. The second kappa shape index (κ2) is 8.12. The molecule has 1 unspecified atom stereocenters. The number of hydrogen-bond donors (Lipinski definition) is 1. The maximum Gasteiger partial charge on any atom is 0.262 e. The van der Waals surface area contributed by atoms with Gasteiger partial charge in [0.1, 0.15) is 0 Å². The molecule has 146 valence electrons. The Morgan fingerprint density at radius 1 is 1.41 bits per heavy atom. The van der Waals surface area contributed by atoms with Gasteiger partial charge in [0.05, 0.1) is 12.2 Å². The molecular weight excluding hydrogens is 432 g/mol. The highest BCUT2D eigenvalue weighted by molar-refractivity contribution is 9.10. The van der Waals surface area contributed by atoms with Crippen molar-refractivity contribution in [2.75, 3.05) is 18.4 Å². The summed E-state index contributed by atoms with van der Waals surface area (Å²) in [7, 11) is -3.69. The standard InChI is InChI=1S/C18H23BrN4O3S/c1-3-22-11-17(20-12-22)27(25,26)23-8-4-5-14(10-23)18(24)21-15-6-7-16(19)13(2)9-15/h6-7,9,11-12,14H,3-5,8,10H2,1-2H3,(H,21,24). The number of benzene rings is 1. The average molecular weight is 455 g/mol. The quantitative estimate of drug-likeness (QED) is 0.752. The van der Waals surface area contributed by atoms with Crippen LogP contribution < -0.4 is 5.32 Å². The second-order valence-corrected chi connectivity index (χ2v) is 9.44. The molecule has 1 amide bonds. The molecule has 2 aromatic rings. The number of rotatable bonds is 5. The van der Waals surface area contributed by atoms with Crippen LogP contribution >= 0.6 is 15.9 Å². The van der Waals surface area contributed by atoms with Crippen LogP contribution in [0.3, 0.4) is 0 Å². The molecule has 0 aliphatic carbocycles. The summed E-state index contributed by atoms with van der Waals surface area (Å²) in [6.45, 7) is 5.10. The summed E-state index contributed by atoms with van der Waals surface area (Å²) in [4.78, 5) is 16.7. The van der Waals surface area contributed by atoms with E-state index in [-0.39, 0.29) is 23.4 Å². The monoisotopic (exact) mass is 454 g/mol. The lowest BCUT2D eigenvalue weighted by Crippen LogP contribution is -2.43. The molecule has 1 aliphatic rings. The van der Waals surface area contributed by atoms with E-state index in [0.717, 1.165) is 10.0 Å². The third kappa shape index (κ3) is 4.41. The first kappa shape index (κ1) is 20.0. The number of amides is 1. The number of carbonyl (C=O) groups excluding carboxylic acids is 1. The highest BCUT2D eigenvalue weighted by Gasteiger charge is 2.34. The number of nitrogens with zero attached hydrogens (tertiary/aromatic N) is 3. The Labute approximate surface area is 168 Å². The molecule has 2 heterocycles. The lowest BCUT2D eigenvalue weighted by molar-refractivity contribution is -0.120. The van der Waals surface area contributed by atoms with Crippen molar-refractivity contribution in [1.82, 2.24) is 13.9 Å². The van der Waals surface area contributed by atoms with Crippen LogP contribution in [0.2, 0.25) is 0 Å². The fraction of sp³-hybridized carbons (Fsp3) is 0.444. The topological polar surface area (TPSA) is 84.3 Å². The molecule has 0 spiro atoms. The number of piperidine rings is 1. The Morgan fingerprint density at radius 2 is 2.19 bits per heavy atom. The van der Waals surface area contributed by atoms with Crippen molar-refractivity contribution in [3.05, 3.63) is 40.8 Å². The number of sulfonamides is 1. The van der Waals surface area contributed by atoms with E-state index in [9.17, 15) is 13.2 Å². The van der Waals surface area contributed by atoms with Crippen molar-refractivity contribution in [2.45, 2.75) is 38.3 Å². The molecule has 1 saturated heterocycles. The number of halogens is 1. The Morgan fingerprint density at radius 3 is 2.85 bits per heavy atom. The molecule has 1 fully saturated rings. The molecule has 7 nitrogen and oxygen atoms in total. The van der Waals surface area contributed by atoms with Crippen LogP contribution in [0, 0.1) is 12.8 Å². The van der Waals surface area contributed by atoms with Crippen molar-refractivity contribution < 1.29 is 13.2 Å². The highest BCUT2D eigenvalue weighted by Crippen LogP contribution is 2.25. The predicted molar refractivity (Wildman–Crippen MR) is 107 cm³/mol. The predicted octanol–water partition coefficient (Wildman–Crippen LogP) is 3.01. The number of anilines is 1. The lowest BCUT2D eigenvalue weighted by atomic mass is 9.98. The van der Waals surface area contributed by atoms with Gasteiger partial charge in [-0.05, 0) is 50.5 Å². The van der Waals surface area contributed by atoms with Crippen LogP contribution in [-0.4, -0.2) is 41.3 Å². The third-order valence-corrected chi connectivity index (χ3v) is 7.40. The molecule has 1 aromatic carbocycles. The van der Waals surface area contributed by atoms with Gasteiger partial charge in [0.15, 0.2) is 5.03 Å². The fourth-order valence-corrected chi connectivity index (χ4v) is 4.83. The molecule has 1 N–H and O–H groups in total. The van der Waals surface area contributed by atoms with Gasteiger partial charge < -0.3 is 9.88 Å². The molecule has 0 saturated carbocycles. The van der Waals surface area contributed by atoms with E-state index < -0.39 is 10.0 Å². The number of nitrogens with one attached hydrogen (secondary N) is 1. The Bertz CT molecular complexity index is 942. The van der Waals surface area contributed by atoms with Crippen molar-refractivity contribution in [3.8, 4) is 0 Å². The van der Waals surface area contributed by atoms with Gasteiger partial charge in [-0.15, -0.1) is 0 Å². The summed E-state index contributed by atoms with van der Waals surface area (Å²) >= 11 is 3.44. The number of hydrogen-bond acceptors (Lipinski definition) is 4. The largest absolute Gasteiger partial charge is 0.336 e. The van der Waals surface area contributed by atoms with E-state index in [4.69, 9.17) is 0 Å². The Hall–Kier alpha value is -1.71. The summed E-state index contributed by atoms with van der Waals surface area (Å²) in [5, 5.41) is 2.94. The number of aromatic nitrogens is 2. The second-order valence-electron chi connectivity index (χ2n) is 6.70. The minimum atomic E-state index is -3.69. The van der Waals surface area contributed by atoms with E-state index in [1.54, 1.807) is 4.57 Å². The maximum atomic E-state index is 12.8. The van der Waals surface area contributed by atoms with Crippen LogP contribution in [0.5, 0.6) is 0 Å². The minimum Gasteiger partial charge on any atom is -0.336 e. The van der Waals surface area contributed by atoms with Crippen LogP contribution in [0.4, 0.5) is 5.69 Å². The first-order valence-electron chi connectivity index (χ1n) is 8.90. The van der Waals surface area contributed by atoms with Crippen molar-refractivity contribution in [3.63, 3.8) is 0 Å². The fourth-order valence-electron chi connectivity index (χ4n) is 3.12. The average Bonchev–Trinajstić information content (AvgIpc) is 3.15. The molecule has 9 heteroatoms. The smallest absolute Gasteiger partial charge is 0.262 e. The van der Waals surface area contributed by atoms with Crippen LogP contribution in [0.25, 0.3) is 0 Å². The van der Waals surface area contributed by atoms with E-state index in [1.165, 1.54) is 16.8 Å². The molecule has 3 rings (SSSR count). The van der Waals surface area contributed by atoms with E-state index in [1.807, 2.05) is 32.0 Å². The summed E-state index contributed by atoms with van der Waals surface area (Å²) in [5.74, 6) is -0.540. The lowest BCUT2D eigenvalue weighted by Gasteiger charge is -2.30. The third-order valence-electron chi connectivity index (χ3n) is 4.76. The van der Waals surface area contributed by atoms with Gasteiger partial charge in [-0.2, -0.15) is 4.31 Å². The number of imidazole rings is 1. The van der Waals surface area contributed by atoms with Gasteiger partial charge in [-0.3, -0.25) is 4.79 Å². The van der Waals surface area contributed by atoms with Crippen LogP contribution in [-0.2, 0) is 21.4 Å². The van der Waals surface area contributed by atoms with Gasteiger partial charge in [0, 0.05) is 36.0 Å². The molecule has 1 aromatic heterocycles. The summed E-state index contributed by atoms with van der Waals surface area (Å²) in [5.41, 5.74) is 1.73. The summed E-state index contributed by atoms with van der Waals surface area (Å²) in [6.07, 6.45) is 4.35. The first-order chi connectivity index (χ1) is 12.8. The van der Waals surface area contributed by atoms with Crippen LogP contribution in [0.1, 0.15) is 25.3 Å². The molecule has 1 aliphatic heterocycles. The molecule has 1 atom stereocenters.